The molecule has 0 heterocycles. The predicted octanol–water partition coefficient (Wildman–Crippen LogP) is 0.153. The molecule has 0 bridgehead atoms. The number of hydrogen-bond donors (Lipinski definition) is 1. The fourth-order valence-corrected chi connectivity index (χ4v) is 1.38. The van der Waals surface area contributed by atoms with Crippen LogP contribution in [0.5, 0.6) is 0 Å². The van der Waals surface area contributed by atoms with Gasteiger partial charge in [-0.3, -0.25) is 14.4 Å². The third-order valence-corrected chi connectivity index (χ3v) is 2.30. The van der Waals surface area contributed by atoms with Gasteiger partial charge in [0.2, 0.25) is 0 Å². The van der Waals surface area contributed by atoms with E-state index in [2.05, 4.69) is 0 Å². The molecular weight excluding hydrogens is 254 g/mol. The Hall–Kier alpha value is -1.63. The Morgan fingerprint density at radius 2 is 1.63 bits per heavy atom. The molecule has 2 N–H and O–H groups in total. The van der Waals surface area contributed by atoms with Gasteiger partial charge in [0.05, 0.1) is 26.2 Å². The van der Waals surface area contributed by atoms with Crippen LogP contribution in [0.4, 0.5) is 0 Å². The van der Waals surface area contributed by atoms with Crippen molar-refractivity contribution in [2.75, 3.05) is 19.8 Å². The second kappa shape index (κ2) is 8.47. The molecule has 0 aromatic heterocycles. The molecule has 110 valence electrons. The van der Waals surface area contributed by atoms with Crippen molar-refractivity contribution in [3.63, 3.8) is 0 Å². The number of esters is 3. The van der Waals surface area contributed by atoms with E-state index in [4.69, 9.17) is 19.9 Å². The van der Waals surface area contributed by atoms with Crippen molar-refractivity contribution < 1.29 is 28.6 Å². The highest BCUT2D eigenvalue weighted by molar-refractivity contribution is 5.86. The summed E-state index contributed by atoms with van der Waals surface area (Å²) in [5.41, 5.74) is 4.33. The van der Waals surface area contributed by atoms with Gasteiger partial charge in [-0.2, -0.15) is 0 Å². The molecule has 0 aliphatic rings. The largest absolute Gasteiger partial charge is 0.466 e. The zero-order valence-electron chi connectivity index (χ0n) is 11.6. The molecule has 0 spiro atoms. The van der Waals surface area contributed by atoms with E-state index in [9.17, 15) is 14.4 Å². The lowest BCUT2D eigenvalue weighted by Crippen LogP contribution is -2.51. The zero-order chi connectivity index (χ0) is 14.9. The SMILES string of the molecule is CCOC(=O)CC(N)(CCOC(C)=O)C(=O)OCC. The first kappa shape index (κ1) is 17.4. The van der Waals surface area contributed by atoms with Crippen molar-refractivity contribution in [3.8, 4) is 0 Å². The molecule has 0 aliphatic carbocycles. The Labute approximate surface area is 112 Å². The summed E-state index contributed by atoms with van der Waals surface area (Å²) in [7, 11) is 0. The van der Waals surface area contributed by atoms with Crippen molar-refractivity contribution >= 4 is 17.9 Å². The number of carbonyl (C=O) groups is 3. The summed E-state index contributed by atoms with van der Waals surface area (Å²) < 4.78 is 14.3. The summed E-state index contributed by atoms with van der Waals surface area (Å²) >= 11 is 0. The van der Waals surface area contributed by atoms with Crippen molar-refractivity contribution in [1.29, 1.82) is 0 Å². The minimum atomic E-state index is -1.54. The average Bonchev–Trinajstić information content (AvgIpc) is 2.28. The van der Waals surface area contributed by atoms with Crippen LogP contribution in [0.15, 0.2) is 0 Å². The van der Waals surface area contributed by atoms with E-state index in [1.165, 1.54) is 6.92 Å². The van der Waals surface area contributed by atoms with E-state index >= 15 is 0 Å². The molecule has 0 rings (SSSR count). The second-order valence-corrected chi connectivity index (χ2v) is 3.95. The Kier molecular flexibility index (Phi) is 7.74. The molecule has 1 unspecified atom stereocenters. The number of carbonyl (C=O) groups excluding carboxylic acids is 3. The van der Waals surface area contributed by atoms with E-state index in [1.54, 1.807) is 13.8 Å². The van der Waals surface area contributed by atoms with Crippen LogP contribution in [-0.4, -0.2) is 43.3 Å². The number of rotatable bonds is 8. The molecular formula is C12H21NO6. The number of nitrogens with two attached hydrogens (primary N) is 1. The van der Waals surface area contributed by atoms with Crippen LogP contribution in [0, 0.1) is 0 Å². The average molecular weight is 275 g/mol. The van der Waals surface area contributed by atoms with Crippen LogP contribution >= 0.6 is 0 Å². The fraction of sp³-hybridized carbons (Fsp3) is 0.750. The van der Waals surface area contributed by atoms with Crippen LogP contribution in [-0.2, 0) is 28.6 Å². The lowest BCUT2D eigenvalue weighted by Gasteiger charge is -2.25. The summed E-state index contributed by atoms with van der Waals surface area (Å²) in [6, 6.07) is 0. The minimum absolute atomic E-state index is 0.00969. The highest BCUT2D eigenvalue weighted by Crippen LogP contribution is 2.16. The summed E-state index contributed by atoms with van der Waals surface area (Å²) in [5, 5.41) is 0. The number of ether oxygens (including phenoxy) is 3. The highest BCUT2D eigenvalue weighted by Gasteiger charge is 2.38. The molecule has 0 aliphatic heterocycles. The molecule has 0 fully saturated rings. The van der Waals surface area contributed by atoms with Crippen molar-refractivity contribution in [2.45, 2.75) is 39.2 Å². The third-order valence-electron chi connectivity index (χ3n) is 2.30. The van der Waals surface area contributed by atoms with Crippen molar-refractivity contribution in [1.82, 2.24) is 0 Å². The van der Waals surface area contributed by atoms with E-state index in [1.807, 2.05) is 0 Å². The third kappa shape index (κ3) is 6.76. The maximum absolute atomic E-state index is 11.8. The van der Waals surface area contributed by atoms with E-state index in [0.717, 1.165) is 0 Å². The fourth-order valence-electron chi connectivity index (χ4n) is 1.38. The van der Waals surface area contributed by atoms with Gasteiger partial charge in [-0.25, -0.2) is 0 Å². The van der Waals surface area contributed by atoms with Crippen molar-refractivity contribution in [3.05, 3.63) is 0 Å². The minimum Gasteiger partial charge on any atom is -0.466 e. The van der Waals surface area contributed by atoms with Gasteiger partial charge in [0.25, 0.3) is 0 Å². The molecule has 19 heavy (non-hydrogen) atoms. The maximum Gasteiger partial charge on any atom is 0.326 e. The van der Waals surface area contributed by atoms with E-state index in [-0.39, 0.29) is 32.7 Å². The van der Waals surface area contributed by atoms with Gasteiger partial charge in [0.15, 0.2) is 0 Å². The molecule has 1 atom stereocenters. The normalized spacial score (nSPS) is 13.3. The van der Waals surface area contributed by atoms with Gasteiger partial charge in [-0.05, 0) is 13.8 Å². The van der Waals surface area contributed by atoms with Gasteiger partial charge in [-0.15, -0.1) is 0 Å². The smallest absolute Gasteiger partial charge is 0.326 e. The first-order valence-corrected chi connectivity index (χ1v) is 6.10. The van der Waals surface area contributed by atoms with Crippen LogP contribution in [0.3, 0.4) is 0 Å². The molecule has 0 radical (unpaired) electrons. The van der Waals surface area contributed by atoms with Gasteiger partial charge in [0, 0.05) is 13.3 Å². The zero-order valence-corrected chi connectivity index (χ0v) is 11.6. The molecule has 0 aromatic rings. The first-order chi connectivity index (χ1) is 8.85. The van der Waals surface area contributed by atoms with Gasteiger partial charge in [0.1, 0.15) is 5.54 Å². The summed E-state index contributed by atoms with van der Waals surface area (Å²) in [6.45, 7) is 4.81. The molecule has 0 saturated carbocycles. The van der Waals surface area contributed by atoms with Gasteiger partial charge >= 0.3 is 17.9 Å². The van der Waals surface area contributed by atoms with Gasteiger partial charge < -0.3 is 19.9 Å². The topological polar surface area (TPSA) is 105 Å². The van der Waals surface area contributed by atoms with Crippen LogP contribution in [0.1, 0.15) is 33.6 Å². The maximum atomic E-state index is 11.8. The van der Waals surface area contributed by atoms with Crippen LogP contribution in [0.2, 0.25) is 0 Å². The predicted molar refractivity (Wildman–Crippen MR) is 66.1 cm³/mol. The monoisotopic (exact) mass is 275 g/mol. The lowest BCUT2D eigenvalue weighted by molar-refractivity contribution is -0.158. The molecule has 7 heteroatoms. The lowest BCUT2D eigenvalue weighted by atomic mass is 9.93. The molecule has 0 saturated heterocycles. The summed E-state index contributed by atoms with van der Waals surface area (Å²) in [6.07, 6.45) is -0.328. The highest BCUT2D eigenvalue weighted by atomic mass is 16.5. The quantitative estimate of drug-likeness (QED) is 0.496. The molecule has 0 amide bonds. The second-order valence-electron chi connectivity index (χ2n) is 3.95. The summed E-state index contributed by atoms with van der Waals surface area (Å²) in [4.78, 5) is 33.9. The van der Waals surface area contributed by atoms with E-state index < -0.39 is 23.4 Å². The van der Waals surface area contributed by atoms with Crippen LogP contribution in [0.25, 0.3) is 0 Å². The standard InChI is InChI=1S/C12H21NO6/c1-4-17-10(15)8-12(13,11(16)18-5-2)6-7-19-9(3)14/h4-8,13H2,1-3H3. The van der Waals surface area contributed by atoms with Gasteiger partial charge in [-0.1, -0.05) is 0 Å². The Morgan fingerprint density at radius 3 is 2.11 bits per heavy atom. The first-order valence-electron chi connectivity index (χ1n) is 6.10. The summed E-state index contributed by atoms with van der Waals surface area (Å²) in [5.74, 6) is -1.79. The van der Waals surface area contributed by atoms with E-state index in [0.29, 0.717) is 0 Å². The Bertz CT molecular complexity index is 330. The van der Waals surface area contributed by atoms with Crippen LogP contribution < -0.4 is 5.73 Å². The molecule has 0 aromatic carbocycles. The molecule has 7 nitrogen and oxygen atoms in total. The van der Waals surface area contributed by atoms with Crippen molar-refractivity contribution in [2.24, 2.45) is 5.73 Å². The Morgan fingerprint density at radius 1 is 1.05 bits per heavy atom. The number of hydrogen-bond acceptors (Lipinski definition) is 7. The Balaban J connectivity index is 4.65.